The van der Waals surface area contributed by atoms with Gasteiger partial charge in [-0.25, -0.2) is 0 Å². The second-order valence-electron chi connectivity index (χ2n) is 3.77. The third-order valence-corrected chi connectivity index (χ3v) is 2.08. The van der Waals surface area contributed by atoms with Crippen molar-refractivity contribution >= 4 is 11.9 Å². The molecule has 0 aromatic carbocycles. The van der Waals surface area contributed by atoms with Crippen molar-refractivity contribution in [1.82, 2.24) is 0 Å². The minimum atomic E-state index is -0.395. The highest BCUT2D eigenvalue weighted by atomic mass is 16.6. The summed E-state index contributed by atoms with van der Waals surface area (Å²) < 4.78 is 9.84. The van der Waals surface area contributed by atoms with E-state index in [4.69, 9.17) is 9.47 Å². The van der Waals surface area contributed by atoms with Crippen molar-refractivity contribution in [2.24, 2.45) is 0 Å². The van der Waals surface area contributed by atoms with Crippen LogP contribution in [0.5, 0.6) is 0 Å². The van der Waals surface area contributed by atoms with Crippen LogP contribution in [0.25, 0.3) is 0 Å². The third kappa shape index (κ3) is 8.26. The molecule has 0 fully saturated rings. The molecule has 0 bridgehead atoms. The normalized spacial score (nSPS) is 11.9. The largest absolute Gasteiger partial charge is 0.466 e. The molecule has 0 spiro atoms. The zero-order valence-corrected chi connectivity index (χ0v) is 10.5. The molecule has 0 radical (unpaired) electrons. The third-order valence-electron chi connectivity index (χ3n) is 2.08. The monoisotopic (exact) mass is 230 g/mol. The molecule has 0 saturated heterocycles. The van der Waals surface area contributed by atoms with E-state index in [-0.39, 0.29) is 18.4 Å². The standard InChI is InChI=1S/C12H22O4/c1-4-6-7-8-11(13)16-10(3)9-12(14)15-5-2/h10H,4-9H2,1-3H3/t10-/m0/s1. The summed E-state index contributed by atoms with van der Waals surface area (Å²) in [6, 6.07) is 0. The van der Waals surface area contributed by atoms with E-state index in [1.54, 1.807) is 13.8 Å². The van der Waals surface area contributed by atoms with Crippen molar-refractivity contribution in [1.29, 1.82) is 0 Å². The summed E-state index contributed by atoms with van der Waals surface area (Å²) in [5.41, 5.74) is 0. The van der Waals surface area contributed by atoms with E-state index < -0.39 is 6.10 Å². The van der Waals surface area contributed by atoms with Gasteiger partial charge in [0, 0.05) is 6.42 Å². The fraction of sp³-hybridized carbons (Fsp3) is 0.833. The highest BCUT2D eigenvalue weighted by Gasteiger charge is 2.13. The highest BCUT2D eigenvalue weighted by Crippen LogP contribution is 2.05. The Bertz CT molecular complexity index is 213. The maximum atomic E-state index is 11.3. The number of ether oxygens (including phenoxy) is 2. The maximum Gasteiger partial charge on any atom is 0.309 e. The number of hydrogen-bond donors (Lipinski definition) is 0. The first-order valence-electron chi connectivity index (χ1n) is 5.95. The number of carbonyl (C=O) groups excluding carboxylic acids is 2. The van der Waals surface area contributed by atoms with Crippen LogP contribution in [-0.4, -0.2) is 24.6 Å². The number of esters is 2. The van der Waals surface area contributed by atoms with Crippen LogP contribution in [0.15, 0.2) is 0 Å². The molecule has 0 saturated carbocycles. The average Bonchev–Trinajstić information content (AvgIpc) is 2.17. The molecule has 4 nitrogen and oxygen atoms in total. The molecular weight excluding hydrogens is 208 g/mol. The predicted octanol–water partition coefficient (Wildman–Crippen LogP) is 2.45. The van der Waals surface area contributed by atoms with Crippen LogP contribution in [-0.2, 0) is 19.1 Å². The molecule has 0 aromatic heterocycles. The van der Waals surface area contributed by atoms with Crippen LogP contribution in [0.2, 0.25) is 0 Å². The lowest BCUT2D eigenvalue weighted by Gasteiger charge is -2.12. The Kier molecular flexibility index (Phi) is 8.58. The van der Waals surface area contributed by atoms with E-state index in [2.05, 4.69) is 6.92 Å². The van der Waals surface area contributed by atoms with Gasteiger partial charge in [-0.2, -0.15) is 0 Å². The number of rotatable bonds is 8. The van der Waals surface area contributed by atoms with Gasteiger partial charge in [-0.15, -0.1) is 0 Å². The molecule has 0 amide bonds. The fourth-order valence-corrected chi connectivity index (χ4v) is 1.30. The van der Waals surface area contributed by atoms with Crippen LogP contribution in [0.1, 0.15) is 52.9 Å². The molecule has 0 aliphatic carbocycles. The molecule has 16 heavy (non-hydrogen) atoms. The van der Waals surface area contributed by atoms with Crippen LogP contribution in [0.4, 0.5) is 0 Å². The summed E-state index contributed by atoms with van der Waals surface area (Å²) in [5, 5.41) is 0. The van der Waals surface area contributed by atoms with Crippen molar-refractivity contribution < 1.29 is 19.1 Å². The lowest BCUT2D eigenvalue weighted by molar-refractivity contribution is -0.154. The Morgan fingerprint density at radius 1 is 1.12 bits per heavy atom. The van der Waals surface area contributed by atoms with Gasteiger partial charge in [0.25, 0.3) is 0 Å². The average molecular weight is 230 g/mol. The van der Waals surface area contributed by atoms with Crippen molar-refractivity contribution in [2.75, 3.05) is 6.61 Å². The number of hydrogen-bond acceptors (Lipinski definition) is 4. The topological polar surface area (TPSA) is 52.6 Å². The van der Waals surface area contributed by atoms with E-state index in [1.807, 2.05) is 0 Å². The first-order valence-corrected chi connectivity index (χ1v) is 5.95. The first-order chi connectivity index (χ1) is 7.60. The summed E-state index contributed by atoms with van der Waals surface area (Å²) in [4.78, 5) is 22.4. The highest BCUT2D eigenvalue weighted by molar-refractivity contribution is 5.72. The van der Waals surface area contributed by atoms with Gasteiger partial charge in [-0.05, 0) is 20.3 Å². The molecule has 1 atom stereocenters. The Morgan fingerprint density at radius 3 is 2.38 bits per heavy atom. The lowest BCUT2D eigenvalue weighted by Crippen LogP contribution is -2.19. The van der Waals surface area contributed by atoms with Gasteiger partial charge in [0.05, 0.1) is 13.0 Å². The maximum absolute atomic E-state index is 11.3. The smallest absolute Gasteiger partial charge is 0.309 e. The van der Waals surface area contributed by atoms with E-state index in [0.29, 0.717) is 13.0 Å². The molecule has 0 aliphatic heterocycles. The van der Waals surface area contributed by atoms with Gasteiger partial charge in [-0.3, -0.25) is 9.59 Å². The predicted molar refractivity (Wildman–Crippen MR) is 60.9 cm³/mol. The van der Waals surface area contributed by atoms with Crippen molar-refractivity contribution in [3.05, 3.63) is 0 Å². The SMILES string of the molecule is CCCCCC(=O)O[C@@H](C)CC(=O)OCC. The Hall–Kier alpha value is -1.06. The molecule has 0 heterocycles. The van der Waals surface area contributed by atoms with E-state index >= 15 is 0 Å². The molecule has 0 rings (SSSR count). The molecule has 94 valence electrons. The van der Waals surface area contributed by atoms with Crippen LogP contribution in [0, 0.1) is 0 Å². The Balaban J connectivity index is 3.65. The minimum Gasteiger partial charge on any atom is -0.466 e. The van der Waals surface area contributed by atoms with E-state index in [1.165, 1.54) is 0 Å². The minimum absolute atomic E-state index is 0.132. The van der Waals surface area contributed by atoms with Gasteiger partial charge in [-0.1, -0.05) is 19.8 Å². The molecule has 0 N–H and O–H groups in total. The summed E-state index contributed by atoms with van der Waals surface area (Å²) in [5.74, 6) is -0.554. The zero-order chi connectivity index (χ0) is 12.4. The van der Waals surface area contributed by atoms with E-state index in [0.717, 1.165) is 19.3 Å². The lowest BCUT2D eigenvalue weighted by atomic mass is 10.2. The van der Waals surface area contributed by atoms with Crippen molar-refractivity contribution in [3.8, 4) is 0 Å². The van der Waals surface area contributed by atoms with Crippen molar-refractivity contribution in [2.45, 2.75) is 59.0 Å². The summed E-state index contributed by atoms with van der Waals surface area (Å²) >= 11 is 0. The Morgan fingerprint density at radius 2 is 1.81 bits per heavy atom. The van der Waals surface area contributed by atoms with Crippen molar-refractivity contribution in [3.63, 3.8) is 0 Å². The zero-order valence-electron chi connectivity index (χ0n) is 10.5. The van der Waals surface area contributed by atoms with E-state index in [9.17, 15) is 9.59 Å². The number of unbranched alkanes of at least 4 members (excludes halogenated alkanes) is 2. The number of carbonyl (C=O) groups is 2. The second-order valence-corrected chi connectivity index (χ2v) is 3.77. The van der Waals surface area contributed by atoms with Gasteiger partial charge in [0.15, 0.2) is 0 Å². The van der Waals surface area contributed by atoms with Crippen LogP contribution < -0.4 is 0 Å². The Labute approximate surface area is 97.3 Å². The van der Waals surface area contributed by atoms with Gasteiger partial charge in [0.1, 0.15) is 6.10 Å². The van der Waals surface area contributed by atoms with Gasteiger partial charge >= 0.3 is 11.9 Å². The van der Waals surface area contributed by atoms with Gasteiger partial charge < -0.3 is 9.47 Å². The van der Waals surface area contributed by atoms with Gasteiger partial charge in [0.2, 0.25) is 0 Å². The summed E-state index contributed by atoms with van der Waals surface area (Å²) in [6.07, 6.45) is 3.12. The summed E-state index contributed by atoms with van der Waals surface area (Å²) in [7, 11) is 0. The van der Waals surface area contributed by atoms with Crippen LogP contribution >= 0.6 is 0 Å². The quantitative estimate of drug-likeness (QED) is 0.475. The van der Waals surface area contributed by atoms with Crippen LogP contribution in [0.3, 0.4) is 0 Å². The fourth-order valence-electron chi connectivity index (χ4n) is 1.30. The molecule has 0 aromatic rings. The molecule has 0 aliphatic rings. The second kappa shape index (κ2) is 9.19. The molecular formula is C12H22O4. The first kappa shape index (κ1) is 14.9. The molecule has 4 heteroatoms. The summed E-state index contributed by atoms with van der Waals surface area (Å²) in [6.45, 7) is 5.89. The molecule has 0 unspecified atom stereocenters.